The van der Waals surface area contributed by atoms with Crippen molar-refractivity contribution in [2.45, 2.75) is 57.7 Å². The van der Waals surface area contributed by atoms with E-state index in [-0.39, 0.29) is 12.0 Å². The predicted octanol–water partition coefficient (Wildman–Crippen LogP) is 2.64. The number of amides is 1. The van der Waals surface area contributed by atoms with E-state index < -0.39 is 0 Å². The number of nitrogens with one attached hydrogen (secondary N) is 1. The second-order valence-corrected chi connectivity index (χ2v) is 7.05. The summed E-state index contributed by atoms with van der Waals surface area (Å²) in [5, 5.41) is 3.57. The molecule has 2 aliphatic heterocycles. The predicted molar refractivity (Wildman–Crippen MR) is 83.4 cm³/mol. The quantitative estimate of drug-likeness (QED) is 0.929. The number of carbonyl (C=O) groups is 1. The van der Waals surface area contributed by atoms with Gasteiger partial charge in [-0.15, -0.1) is 11.3 Å². The summed E-state index contributed by atoms with van der Waals surface area (Å²) in [7, 11) is 0. The molecular weight excluding hydrogens is 286 g/mol. The third kappa shape index (κ3) is 3.81. The lowest BCUT2D eigenvalue weighted by Crippen LogP contribution is -2.36. The highest BCUT2D eigenvalue weighted by Gasteiger charge is 2.24. The van der Waals surface area contributed by atoms with Gasteiger partial charge >= 0.3 is 0 Å². The minimum Gasteiger partial charge on any atom is -0.368 e. The van der Waals surface area contributed by atoms with Crippen LogP contribution in [-0.4, -0.2) is 41.1 Å². The Balaban J connectivity index is 1.54. The number of hydrogen-bond acceptors (Lipinski definition) is 5. The van der Waals surface area contributed by atoms with Crippen molar-refractivity contribution in [3.05, 3.63) is 11.1 Å². The summed E-state index contributed by atoms with van der Waals surface area (Å²) in [6.45, 7) is 5.08. The van der Waals surface area contributed by atoms with Crippen molar-refractivity contribution < 1.29 is 9.53 Å². The van der Waals surface area contributed by atoms with Crippen LogP contribution in [0.25, 0.3) is 0 Å². The number of piperidine rings is 1. The molecule has 116 valence electrons. The monoisotopic (exact) mass is 309 g/mol. The molecule has 1 aromatic rings. The zero-order chi connectivity index (χ0) is 14.7. The van der Waals surface area contributed by atoms with Crippen LogP contribution >= 0.6 is 11.3 Å². The van der Waals surface area contributed by atoms with E-state index in [4.69, 9.17) is 4.74 Å². The van der Waals surface area contributed by atoms with E-state index in [1.807, 2.05) is 6.20 Å². The first kappa shape index (κ1) is 14.9. The maximum absolute atomic E-state index is 12.0. The summed E-state index contributed by atoms with van der Waals surface area (Å²) in [4.78, 5) is 20.0. The summed E-state index contributed by atoms with van der Waals surface area (Å²) >= 11 is 1.58. The first-order valence-corrected chi connectivity index (χ1v) is 8.65. The van der Waals surface area contributed by atoms with Gasteiger partial charge in [0.2, 0.25) is 0 Å². The van der Waals surface area contributed by atoms with Gasteiger partial charge in [0.1, 0.15) is 6.10 Å². The van der Waals surface area contributed by atoms with Crippen molar-refractivity contribution in [2.24, 2.45) is 0 Å². The van der Waals surface area contributed by atoms with Gasteiger partial charge in [0, 0.05) is 30.3 Å². The van der Waals surface area contributed by atoms with Crippen LogP contribution in [0.5, 0.6) is 0 Å². The molecule has 0 spiro atoms. The number of carbonyl (C=O) groups excluding carboxylic acids is 1. The lowest BCUT2D eigenvalue weighted by molar-refractivity contribution is -0.124. The van der Waals surface area contributed by atoms with Crippen LogP contribution in [0.1, 0.15) is 43.9 Å². The molecule has 2 saturated heterocycles. The molecule has 1 N–H and O–H groups in total. The highest BCUT2D eigenvalue weighted by atomic mass is 32.1. The van der Waals surface area contributed by atoms with Gasteiger partial charge in [-0.3, -0.25) is 15.0 Å². The van der Waals surface area contributed by atoms with Crippen LogP contribution in [0.3, 0.4) is 0 Å². The number of hydrogen-bond donors (Lipinski definition) is 1. The van der Waals surface area contributed by atoms with E-state index in [0.717, 1.165) is 25.9 Å². The van der Waals surface area contributed by atoms with Crippen LogP contribution < -0.4 is 5.32 Å². The Morgan fingerprint density at radius 2 is 2.38 bits per heavy atom. The average molecular weight is 309 g/mol. The zero-order valence-electron chi connectivity index (χ0n) is 12.5. The molecule has 5 nitrogen and oxygen atoms in total. The van der Waals surface area contributed by atoms with Crippen molar-refractivity contribution in [3.63, 3.8) is 0 Å². The highest BCUT2D eigenvalue weighted by molar-refractivity contribution is 7.15. The maximum Gasteiger partial charge on any atom is 0.255 e. The van der Waals surface area contributed by atoms with E-state index in [0.29, 0.717) is 17.8 Å². The number of likely N-dealkylation sites (tertiary alicyclic amines) is 1. The first-order chi connectivity index (χ1) is 10.2. The largest absolute Gasteiger partial charge is 0.368 e. The van der Waals surface area contributed by atoms with E-state index in [1.165, 1.54) is 24.1 Å². The fraction of sp³-hybridized carbons (Fsp3) is 0.733. The molecule has 2 atom stereocenters. The third-order valence-corrected chi connectivity index (χ3v) is 5.20. The van der Waals surface area contributed by atoms with Gasteiger partial charge in [0.25, 0.3) is 5.91 Å². The van der Waals surface area contributed by atoms with Crippen molar-refractivity contribution in [1.82, 2.24) is 9.88 Å². The number of rotatable bonds is 4. The summed E-state index contributed by atoms with van der Waals surface area (Å²) < 4.78 is 5.39. The molecular formula is C15H23N3O2S. The van der Waals surface area contributed by atoms with Gasteiger partial charge in [-0.05, 0) is 39.2 Å². The van der Waals surface area contributed by atoms with Crippen LogP contribution in [0.15, 0.2) is 6.20 Å². The normalized spacial score (nSPS) is 26.9. The Morgan fingerprint density at radius 3 is 3.14 bits per heavy atom. The topological polar surface area (TPSA) is 54.5 Å². The van der Waals surface area contributed by atoms with Gasteiger partial charge in [0.15, 0.2) is 5.13 Å². The van der Waals surface area contributed by atoms with Crippen molar-refractivity contribution in [1.29, 1.82) is 0 Å². The second kappa shape index (κ2) is 6.85. The summed E-state index contributed by atoms with van der Waals surface area (Å²) in [6, 6.07) is 0.644. The van der Waals surface area contributed by atoms with Crippen LogP contribution in [-0.2, 0) is 16.1 Å². The smallest absolute Gasteiger partial charge is 0.255 e. The molecule has 2 fully saturated rings. The molecule has 3 heterocycles. The molecule has 1 aromatic heterocycles. The van der Waals surface area contributed by atoms with Crippen LogP contribution in [0.4, 0.5) is 5.13 Å². The summed E-state index contributed by atoms with van der Waals surface area (Å²) in [5.41, 5.74) is 0. The molecule has 0 radical (unpaired) electrons. The van der Waals surface area contributed by atoms with E-state index >= 15 is 0 Å². The van der Waals surface area contributed by atoms with Crippen LogP contribution in [0.2, 0.25) is 0 Å². The molecule has 1 amide bonds. The van der Waals surface area contributed by atoms with E-state index in [1.54, 1.807) is 11.3 Å². The molecule has 21 heavy (non-hydrogen) atoms. The van der Waals surface area contributed by atoms with Gasteiger partial charge in [-0.1, -0.05) is 6.42 Å². The molecule has 0 saturated carbocycles. The Labute approximate surface area is 129 Å². The molecule has 0 aromatic carbocycles. The van der Waals surface area contributed by atoms with Crippen LogP contribution in [0, 0.1) is 0 Å². The number of anilines is 1. The highest BCUT2D eigenvalue weighted by Crippen LogP contribution is 2.24. The minimum absolute atomic E-state index is 0.0558. The maximum atomic E-state index is 12.0. The Hall–Kier alpha value is -0.980. The molecule has 6 heteroatoms. The fourth-order valence-electron chi connectivity index (χ4n) is 3.00. The van der Waals surface area contributed by atoms with Crippen molar-refractivity contribution in [3.8, 4) is 0 Å². The Bertz CT molecular complexity index is 485. The van der Waals surface area contributed by atoms with Gasteiger partial charge < -0.3 is 4.74 Å². The number of ether oxygens (including phenoxy) is 1. The second-order valence-electron chi connectivity index (χ2n) is 5.94. The van der Waals surface area contributed by atoms with Crippen molar-refractivity contribution in [2.75, 3.05) is 18.5 Å². The Kier molecular flexibility index (Phi) is 4.87. The summed E-state index contributed by atoms with van der Waals surface area (Å²) in [5.74, 6) is -0.0558. The third-order valence-electron chi connectivity index (χ3n) is 4.31. The summed E-state index contributed by atoms with van der Waals surface area (Å²) in [6.07, 6.45) is 7.27. The lowest BCUT2D eigenvalue weighted by atomic mass is 10.0. The molecule has 0 aliphatic carbocycles. The van der Waals surface area contributed by atoms with E-state index in [2.05, 4.69) is 22.1 Å². The van der Waals surface area contributed by atoms with Gasteiger partial charge in [0.05, 0.1) is 0 Å². The standard InChI is InChI=1S/C15H23N3O2S/c1-11-5-2-3-7-18(11)10-12-9-16-15(21-12)17-14(19)13-6-4-8-20-13/h9,11,13H,2-8,10H2,1H3,(H,16,17,19). The van der Waals surface area contributed by atoms with Gasteiger partial charge in [-0.25, -0.2) is 4.98 Å². The Morgan fingerprint density at radius 1 is 1.48 bits per heavy atom. The molecule has 3 rings (SSSR count). The number of aromatic nitrogens is 1. The molecule has 2 aliphatic rings. The zero-order valence-corrected chi connectivity index (χ0v) is 13.3. The van der Waals surface area contributed by atoms with Crippen molar-refractivity contribution >= 4 is 22.4 Å². The molecule has 0 bridgehead atoms. The fourth-order valence-corrected chi connectivity index (χ4v) is 3.84. The number of thiazole rings is 1. The average Bonchev–Trinajstić information content (AvgIpc) is 3.13. The number of nitrogens with zero attached hydrogens (tertiary/aromatic N) is 2. The van der Waals surface area contributed by atoms with E-state index in [9.17, 15) is 4.79 Å². The SMILES string of the molecule is CC1CCCCN1Cc1cnc(NC(=O)C2CCCO2)s1. The minimum atomic E-state index is -0.292. The lowest BCUT2D eigenvalue weighted by Gasteiger charge is -2.32. The van der Waals surface area contributed by atoms with Gasteiger partial charge in [-0.2, -0.15) is 0 Å². The molecule has 2 unspecified atom stereocenters. The first-order valence-electron chi connectivity index (χ1n) is 7.83.